The first kappa shape index (κ1) is 14.9. The predicted molar refractivity (Wildman–Crippen MR) is 87.4 cm³/mol. The van der Waals surface area contributed by atoms with Gasteiger partial charge in [0.05, 0.1) is 5.02 Å². The fraction of sp³-hybridized carbons (Fsp3) is 0.133. The van der Waals surface area contributed by atoms with Crippen LogP contribution in [0, 0.1) is 0 Å². The molecule has 2 aromatic carbocycles. The van der Waals surface area contributed by atoms with Crippen LogP contribution in [0.4, 0.5) is 11.4 Å². The number of carbonyl (C=O) groups is 1. The molecule has 0 saturated carbocycles. The third kappa shape index (κ3) is 3.14. The molecule has 2 aromatic rings. The second-order valence-corrected chi connectivity index (χ2v) is 5.53. The number of carbonyl (C=O) groups excluding carboxylic acids is 1. The molecule has 1 amide bonds. The maximum atomic E-state index is 12.6. The van der Waals surface area contributed by atoms with Crippen molar-refractivity contribution in [3.05, 3.63) is 57.5 Å². The molecule has 0 aliphatic rings. The van der Waals surface area contributed by atoms with Gasteiger partial charge < -0.3 is 10.6 Å². The number of anilines is 2. The van der Waals surface area contributed by atoms with Gasteiger partial charge in [-0.15, -0.1) is 0 Å². The number of nitrogens with zero attached hydrogens (tertiary/aromatic N) is 1. The first-order valence-electron chi connectivity index (χ1n) is 6.15. The predicted octanol–water partition coefficient (Wildman–Crippen LogP) is 4.35. The molecule has 5 heteroatoms. The molecule has 0 fully saturated rings. The van der Waals surface area contributed by atoms with E-state index in [9.17, 15) is 4.79 Å². The zero-order valence-corrected chi connectivity index (χ0v) is 13.3. The van der Waals surface area contributed by atoms with Gasteiger partial charge in [0.25, 0.3) is 5.91 Å². The van der Waals surface area contributed by atoms with E-state index in [0.29, 0.717) is 22.8 Å². The average Bonchev–Trinajstić information content (AvgIpc) is 2.42. The minimum absolute atomic E-state index is 0.104. The monoisotopic (exact) mass is 352 g/mol. The highest BCUT2D eigenvalue weighted by Gasteiger charge is 2.17. The Labute approximate surface area is 131 Å². The summed E-state index contributed by atoms with van der Waals surface area (Å²) in [5, 5.41) is 0.513. The molecule has 0 unspecified atom stereocenters. The van der Waals surface area contributed by atoms with Crippen LogP contribution in [0.2, 0.25) is 5.02 Å². The first-order valence-corrected chi connectivity index (χ1v) is 7.32. The number of halogens is 2. The van der Waals surface area contributed by atoms with Crippen molar-refractivity contribution in [2.75, 3.05) is 17.2 Å². The van der Waals surface area contributed by atoms with Crippen molar-refractivity contribution >= 4 is 44.8 Å². The van der Waals surface area contributed by atoms with Crippen LogP contribution in [0.15, 0.2) is 46.9 Å². The number of rotatable bonds is 3. The third-order valence-corrected chi connectivity index (χ3v) is 4.14. The van der Waals surface area contributed by atoms with Crippen molar-refractivity contribution in [3.63, 3.8) is 0 Å². The van der Waals surface area contributed by atoms with Gasteiger partial charge in [-0.1, -0.05) is 17.7 Å². The molecule has 2 N–H and O–H groups in total. The second kappa shape index (κ2) is 6.29. The topological polar surface area (TPSA) is 46.3 Å². The van der Waals surface area contributed by atoms with Crippen molar-refractivity contribution in [2.24, 2.45) is 0 Å². The molecule has 0 atom stereocenters. The lowest BCUT2D eigenvalue weighted by molar-refractivity contribution is 0.0988. The Balaban J connectivity index is 2.36. The zero-order chi connectivity index (χ0) is 14.7. The van der Waals surface area contributed by atoms with Gasteiger partial charge >= 0.3 is 0 Å². The van der Waals surface area contributed by atoms with E-state index in [0.717, 1.165) is 10.2 Å². The molecule has 0 aliphatic heterocycles. The lowest BCUT2D eigenvalue weighted by atomic mass is 10.1. The Kier molecular flexibility index (Phi) is 4.68. The van der Waals surface area contributed by atoms with Crippen molar-refractivity contribution in [3.8, 4) is 0 Å². The minimum atomic E-state index is -0.104. The Bertz CT molecular complexity index is 646. The molecule has 0 heterocycles. The second-order valence-electron chi connectivity index (χ2n) is 4.27. The van der Waals surface area contributed by atoms with Gasteiger partial charge in [-0.2, -0.15) is 0 Å². The number of benzene rings is 2. The van der Waals surface area contributed by atoms with E-state index in [1.807, 2.05) is 19.1 Å². The standard InChI is InChI=1S/C15H14BrClN2O/c1-2-19(12-5-3-4-11(18)9-12)15(20)10-6-7-13(16)14(17)8-10/h3-9H,2,18H2,1H3. The van der Waals surface area contributed by atoms with Crippen LogP contribution in [0.5, 0.6) is 0 Å². The molecule has 2 rings (SSSR count). The van der Waals surface area contributed by atoms with Crippen molar-refractivity contribution in [1.29, 1.82) is 0 Å². The summed E-state index contributed by atoms with van der Waals surface area (Å²) in [5.41, 5.74) is 7.71. The maximum absolute atomic E-state index is 12.6. The van der Waals surface area contributed by atoms with E-state index in [2.05, 4.69) is 15.9 Å². The van der Waals surface area contributed by atoms with E-state index in [1.54, 1.807) is 35.2 Å². The summed E-state index contributed by atoms with van der Waals surface area (Å²) in [6, 6.07) is 12.4. The van der Waals surface area contributed by atoms with E-state index in [-0.39, 0.29) is 5.91 Å². The zero-order valence-electron chi connectivity index (χ0n) is 10.9. The molecule has 3 nitrogen and oxygen atoms in total. The molecule has 0 saturated heterocycles. The van der Waals surface area contributed by atoms with Crippen molar-refractivity contribution in [2.45, 2.75) is 6.92 Å². The van der Waals surface area contributed by atoms with Gasteiger partial charge in [0.15, 0.2) is 0 Å². The van der Waals surface area contributed by atoms with E-state index in [1.165, 1.54) is 0 Å². The summed E-state index contributed by atoms with van der Waals surface area (Å²) < 4.78 is 0.766. The van der Waals surface area contributed by atoms with Gasteiger partial charge in [-0.25, -0.2) is 0 Å². The van der Waals surface area contributed by atoms with Gasteiger partial charge in [-0.05, 0) is 59.3 Å². The Morgan fingerprint density at radius 1 is 1.30 bits per heavy atom. The van der Waals surface area contributed by atoms with Gasteiger partial charge in [0.1, 0.15) is 0 Å². The quantitative estimate of drug-likeness (QED) is 0.834. The molecule has 0 bridgehead atoms. The van der Waals surface area contributed by atoms with Gasteiger partial charge in [0.2, 0.25) is 0 Å². The van der Waals surface area contributed by atoms with E-state index >= 15 is 0 Å². The van der Waals surface area contributed by atoms with E-state index in [4.69, 9.17) is 17.3 Å². The summed E-state index contributed by atoms with van der Waals surface area (Å²) in [5.74, 6) is -0.104. The minimum Gasteiger partial charge on any atom is -0.399 e. The highest BCUT2D eigenvalue weighted by molar-refractivity contribution is 9.10. The lowest BCUT2D eigenvalue weighted by Gasteiger charge is -2.21. The van der Waals surface area contributed by atoms with Crippen LogP contribution in [-0.2, 0) is 0 Å². The number of nitrogens with two attached hydrogens (primary N) is 1. The largest absolute Gasteiger partial charge is 0.399 e. The van der Waals surface area contributed by atoms with Crippen LogP contribution in [0.3, 0.4) is 0 Å². The van der Waals surface area contributed by atoms with Crippen LogP contribution in [0.1, 0.15) is 17.3 Å². The molecule has 0 aromatic heterocycles. The van der Waals surface area contributed by atoms with Crippen LogP contribution in [0.25, 0.3) is 0 Å². The Morgan fingerprint density at radius 3 is 2.65 bits per heavy atom. The maximum Gasteiger partial charge on any atom is 0.258 e. The summed E-state index contributed by atoms with van der Waals surface area (Å²) in [4.78, 5) is 14.2. The van der Waals surface area contributed by atoms with Gasteiger partial charge in [0, 0.05) is 28.0 Å². The molecule has 0 aliphatic carbocycles. The number of amides is 1. The van der Waals surface area contributed by atoms with Crippen molar-refractivity contribution < 1.29 is 4.79 Å². The fourth-order valence-corrected chi connectivity index (χ4v) is 2.35. The summed E-state index contributed by atoms with van der Waals surface area (Å²) in [7, 11) is 0. The highest BCUT2D eigenvalue weighted by atomic mass is 79.9. The fourth-order valence-electron chi connectivity index (χ4n) is 1.92. The van der Waals surface area contributed by atoms with Crippen LogP contribution in [-0.4, -0.2) is 12.5 Å². The number of hydrogen-bond acceptors (Lipinski definition) is 2. The number of nitrogen functional groups attached to an aromatic ring is 1. The number of hydrogen-bond donors (Lipinski definition) is 1. The smallest absolute Gasteiger partial charge is 0.258 e. The SMILES string of the molecule is CCN(C(=O)c1ccc(Br)c(Cl)c1)c1cccc(N)c1. The normalized spacial score (nSPS) is 10.3. The Hall–Kier alpha value is -1.52. The van der Waals surface area contributed by atoms with Crippen molar-refractivity contribution in [1.82, 2.24) is 0 Å². The van der Waals surface area contributed by atoms with Crippen LogP contribution < -0.4 is 10.6 Å². The van der Waals surface area contributed by atoms with E-state index < -0.39 is 0 Å². The van der Waals surface area contributed by atoms with Crippen LogP contribution >= 0.6 is 27.5 Å². The molecule has 20 heavy (non-hydrogen) atoms. The van der Waals surface area contributed by atoms with Gasteiger partial charge in [-0.3, -0.25) is 4.79 Å². The Morgan fingerprint density at radius 2 is 2.05 bits per heavy atom. The lowest BCUT2D eigenvalue weighted by Crippen LogP contribution is -2.30. The first-order chi connectivity index (χ1) is 9.52. The molecule has 0 spiro atoms. The molecule has 104 valence electrons. The highest BCUT2D eigenvalue weighted by Crippen LogP contribution is 2.25. The average molecular weight is 354 g/mol. The summed E-state index contributed by atoms with van der Waals surface area (Å²) in [6.45, 7) is 2.47. The summed E-state index contributed by atoms with van der Waals surface area (Å²) in [6.07, 6.45) is 0. The molecular formula is C15H14BrClN2O. The summed E-state index contributed by atoms with van der Waals surface area (Å²) >= 11 is 9.35. The molecular weight excluding hydrogens is 340 g/mol. The third-order valence-electron chi connectivity index (χ3n) is 2.91. The molecule has 0 radical (unpaired) electrons.